The topological polar surface area (TPSA) is 67.6 Å². The van der Waals surface area contributed by atoms with Crippen molar-refractivity contribution < 1.29 is 17.6 Å². The number of Topliss-reactive ketones (excluding diaryl/α,β-unsaturated/α-hetero) is 1. The number of carbonyl (C=O) groups is 1. The normalized spacial score (nSPS) is 11.7. The molecule has 0 amide bonds. The predicted octanol–water partition coefficient (Wildman–Crippen LogP) is 4.62. The molecule has 0 N–H and O–H groups in total. The van der Waals surface area contributed by atoms with Gasteiger partial charge in [0.15, 0.2) is 5.78 Å². The van der Waals surface area contributed by atoms with Crippen LogP contribution in [0.25, 0.3) is 11.3 Å². The third kappa shape index (κ3) is 4.30. The fourth-order valence-corrected chi connectivity index (χ4v) is 3.90. The monoisotopic (exact) mass is 403 g/mol. The minimum absolute atomic E-state index is 0.0697. The maximum atomic E-state index is 12.8. The van der Waals surface area contributed by atoms with Gasteiger partial charge in [0.1, 0.15) is 11.5 Å². The number of hydrogen-bond acceptors (Lipinski definition) is 4. The van der Waals surface area contributed by atoms with Crippen LogP contribution in [0.4, 0.5) is 0 Å². The summed E-state index contributed by atoms with van der Waals surface area (Å²) in [4.78, 5) is 11.6. The van der Waals surface area contributed by atoms with Crippen LogP contribution in [0, 0.1) is 0 Å². The van der Waals surface area contributed by atoms with Gasteiger partial charge in [-0.05, 0) is 55.5 Å². The largest absolute Gasteiger partial charge is 0.460 e. The van der Waals surface area contributed by atoms with Gasteiger partial charge in [0.05, 0.1) is 11.4 Å². The second kappa shape index (κ2) is 7.68. The highest BCUT2D eigenvalue weighted by atomic mass is 35.5. The molecule has 27 heavy (non-hydrogen) atoms. The highest BCUT2D eigenvalue weighted by molar-refractivity contribution is 7.89. The number of halogens is 1. The number of benzene rings is 2. The first-order valence-corrected chi connectivity index (χ1v) is 10.0. The molecular weight excluding hydrogens is 386 g/mol. The first-order chi connectivity index (χ1) is 12.8. The van der Waals surface area contributed by atoms with Gasteiger partial charge in [-0.15, -0.1) is 0 Å². The number of nitrogens with zero attached hydrogens (tertiary/aromatic N) is 1. The Morgan fingerprint density at radius 1 is 1.07 bits per heavy atom. The summed E-state index contributed by atoms with van der Waals surface area (Å²) in [7, 11) is -2.28. The fraction of sp³-hybridized carbons (Fsp3) is 0.150. The van der Waals surface area contributed by atoms with Crippen LogP contribution in [0.15, 0.2) is 70.0 Å². The molecule has 3 aromatic rings. The highest BCUT2D eigenvalue weighted by Gasteiger charge is 2.23. The Kier molecular flexibility index (Phi) is 5.51. The van der Waals surface area contributed by atoms with E-state index < -0.39 is 10.0 Å². The summed E-state index contributed by atoms with van der Waals surface area (Å²) in [6, 6.07) is 16.7. The molecule has 1 heterocycles. The number of rotatable bonds is 6. The van der Waals surface area contributed by atoms with Crippen LogP contribution in [0.3, 0.4) is 0 Å². The van der Waals surface area contributed by atoms with Crippen molar-refractivity contribution in [1.82, 2.24) is 4.31 Å². The van der Waals surface area contributed by atoms with Crippen LogP contribution < -0.4 is 0 Å². The van der Waals surface area contributed by atoms with Crippen molar-refractivity contribution in [3.63, 3.8) is 0 Å². The van der Waals surface area contributed by atoms with Crippen molar-refractivity contribution in [2.45, 2.75) is 18.4 Å². The Morgan fingerprint density at radius 3 is 2.44 bits per heavy atom. The fourth-order valence-electron chi connectivity index (χ4n) is 2.59. The van der Waals surface area contributed by atoms with Crippen LogP contribution in [0.2, 0.25) is 5.02 Å². The zero-order valence-electron chi connectivity index (χ0n) is 14.8. The highest BCUT2D eigenvalue weighted by Crippen LogP contribution is 2.25. The maximum absolute atomic E-state index is 12.8. The Hall–Kier alpha value is -2.41. The number of sulfonamides is 1. The molecule has 0 spiro atoms. The molecular formula is C20H18ClNO4S. The molecule has 0 aliphatic heterocycles. The van der Waals surface area contributed by atoms with Crippen molar-refractivity contribution in [2.24, 2.45) is 0 Å². The second-order valence-electron chi connectivity index (χ2n) is 6.12. The van der Waals surface area contributed by atoms with Gasteiger partial charge in [-0.25, -0.2) is 8.42 Å². The minimum atomic E-state index is -3.75. The standard InChI is InChI=1S/C20H18ClNO4S/c1-14(23)16-4-3-5-19(12-16)27(24,25)22(2)13-18-10-11-20(26-18)15-6-8-17(21)9-7-15/h3-12H,13H2,1-2H3. The quantitative estimate of drug-likeness (QED) is 0.563. The maximum Gasteiger partial charge on any atom is 0.243 e. The van der Waals surface area contributed by atoms with E-state index in [4.69, 9.17) is 16.0 Å². The van der Waals surface area contributed by atoms with E-state index in [2.05, 4.69) is 0 Å². The summed E-state index contributed by atoms with van der Waals surface area (Å²) in [6.07, 6.45) is 0. The van der Waals surface area contributed by atoms with Crippen LogP contribution in [0.1, 0.15) is 23.0 Å². The smallest absolute Gasteiger partial charge is 0.243 e. The first-order valence-electron chi connectivity index (χ1n) is 8.19. The van der Waals surface area contributed by atoms with Crippen molar-refractivity contribution >= 4 is 27.4 Å². The zero-order valence-corrected chi connectivity index (χ0v) is 16.4. The lowest BCUT2D eigenvalue weighted by Gasteiger charge is -2.16. The number of furan rings is 1. The van der Waals surface area contributed by atoms with Crippen molar-refractivity contribution in [1.29, 1.82) is 0 Å². The molecule has 0 aliphatic carbocycles. The van der Waals surface area contributed by atoms with Gasteiger partial charge in [0, 0.05) is 23.2 Å². The molecule has 3 rings (SSSR count). The molecule has 0 fully saturated rings. The van der Waals surface area contributed by atoms with E-state index >= 15 is 0 Å². The van der Waals surface area contributed by atoms with Crippen molar-refractivity contribution in [2.75, 3.05) is 7.05 Å². The molecule has 2 aromatic carbocycles. The summed E-state index contributed by atoms with van der Waals surface area (Å²) in [6.45, 7) is 1.47. The summed E-state index contributed by atoms with van der Waals surface area (Å²) >= 11 is 5.89. The molecule has 1 aromatic heterocycles. The number of carbonyl (C=O) groups excluding carboxylic acids is 1. The average Bonchev–Trinajstić information content (AvgIpc) is 3.10. The van der Waals surface area contributed by atoms with E-state index in [1.54, 1.807) is 36.4 Å². The van der Waals surface area contributed by atoms with E-state index in [1.807, 2.05) is 12.1 Å². The van der Waals surface area contributed by atoms with Crippen LogP contribution in [0.5, 0.6) is 0 Å². The lowest BCUT2D eigenvalue weighted by molar-refractivity contribution is 0.101. The molecule has 5 nitrogen and oxygen atoms in total. The second-order valence-corrected chi connectivity index (χ2v) is 8.60. The van der Waals surface area contributed by atoms with Gasteiger partial charge in [-0.2, -0.15) is 4.31 Å². The van der Waals surface area contributed by atoms with Gasteiger partial charge in [0.2, 0.25) is 10.0 Å². The SMILES string of the molecule is CC(=O)c1cccc(S(=O)(=O)N(C)Cc2ccc(-c3ccc(Cl)cc3)o2)c1. The van der Waals surface area contributed by atoms with E-state index in [9.17, 15) is 13.2 Å². The molecule has 0 saturated heterocycles. The van der Waals surface area contributed by atoms with Crippen LogP contribution in [-0.4, -0.2) is 25.6 Å². The summed E-state index contributed by atoms with van der Waals surface area (Å²) in [5.41, 5.74) is 1.21. The Bertz CT molecular complexity index is 1070. The molecule has 0 unspecified atom stereocenters. The Labute approximate surface area is 163 Å². The van der Waals surface area contributed by atoms with Crippen molar-refractivity contribution in [3.05, 3.63) is 77.0 Å². The lowest BCUT2D eigenvalue weighted by atomic mass is 10.2. The van der Waals surface area contributed by atoms with Crippen LogP contribution in [-0.2, 0) is 16.6 Å². The Morgan fingerprint density at radius 2 is 1.78 bits per heavy atom. The first kappa shape index (κ1) is 19.4. The van der Waals surface area contributed by atoms with E-state index in [-0.39, 0.29) is 17.2 Å². The van der Waals surface area contributed by atoms with Gasteiger partial charge in [-0.1, -0.05) is 23.7 Å². The molecule has 140 valence electrons. The lowest BCUT2D eigenvalue weighted by Crippen LogP contribution is -2.26. The minimum Gasteiger partial charge on any atom is -0.460 e. The van der Waals surface area contributed by atoms with E-state index in [0.717, 1.165) is 5.56 Å². The van der Waals surface area contributed by atoms with Crippen molar-refractivity contribution in [3.8, 4) is 11.3 Å². The zero-order chi connectivity index (χ0) is 19.6. The van der Waals surface area contributed by atoms with Gasteiger partial charge in [-0.3, -0.25) is 4.79 Å². The third-order valence-electron chi connectivity index (χ3n) is 4.12. The Balaban J connectivity index is 1.80. The summed E-state index contributed by atoms with van der Waals surface area (Å²) in [5.74, 6) is 0.952. The van der Waals surface area contributed by atoms with Gasteiger partial charge < -0.3 is 4.42 Å². The average molecular weight is 404 g/mol. The number of hydrogen-bond donors (Lipinski definition) is 0. The molecule has 7 heteroatoms. The van der Waals surface area contributed by atoms with Gasteiger partial charge in [0.25, 0.3) is 0 Å². The molecule has 0 saturated carbocycles. The van der Waals surface area contributed by atoms with E-state index in [0.29, 0.717) is 22.1 Å². The van der Waals surface area contributed by atoms with Gasteiger partial charge >= 0.3 is 0 Å². The molecule has 0 aliphatic rings. The number of ketones is 1. The molecule has 0 atom stereocenters. The predicted molar refractivity (Wildman–Crippen MR) is 104 cm³/mol. The summed E-state index contributed by atoms with van der Waals surface area (Å²) in [5, 5.41) is 0.629. The molecule has 0 bridgehead atoms. The van der Waals surface area contributed by atoms with E-state index in [1.165, 1.54) is 30.4 Å². The third-order valence-corrected chi connectivity index (χ3v) is 6.17. The van der Waals surface area contributed by atoms with Crippen LogP contribution >= 0.6 is 11.6 Å². The summed E-state index contributed by atoms with van der Waals surface area (Å²) < 4.78 is 32.5. The molecule has 0 radical (unpaired) electrons.